The molecule has 3 unspecified atom stereocenters. The van der Waals surface area contributed by atoms with Gasteiger partial charge in [-0.3, -0.25) is 0 Å². The molecule has 0 spiro atoms. The zero-order chi connectivity index (χ0) is 15.5. The number of nitrogens with zero attached hydrogens (tertiary/aromatic N) is 1. The number of rotatable bonds is 6. The molecular formula is C17H30N2OS. The molecule has 0 bridgehead atoms. The second kappa shape index (κ2) is 7.21. The lowest BCUT2D eigenvalue weighted by molar-refractivity contribution is 0.0906. The van der Waals surface area contributed by atoms with Crippen molar-refractivity contribution in [1.29, 1.82) is 0 Å². The molecule has 0 aromatic carbocycles. The molecule has 0 amide bonds. The quantitative estimate of drug-likeness (QED) is 0.801. The smallest absolute Gasteiger partial charge is 0.113 e. The molecule has 3 nitrogen and oxygen atoms in total. The summed E-state index contributed by atoms with van der Waals surface area (Å²) < 4.78 is 5.24. The fourth-order valence-corrected chi connectivity index (χ4v) is 4.71. The van der Waals surface area contributed by atoms with Crippen molar-refractivity contribution in [2.75, 3.05) is 20.3 Å². The van der Waals surface area contributed by atoms with Crippen molar-refractivity contribution in [3.63, 3.8) is 0 Å². The Morgan fingerprint density at radius 1 is 1.48 bits per heavy atom. The van der Waals surface area contributed by atoms with Crippen LogP contribution in [0, 0.1) is 11.8 Å². The Bertz CT molecular complexity index is 446. The van der Waals surface area contributed by atoms with Crippen LogP contribution in [-0.4, -0.2) is 25.2 Å². The summed E-state index contributed by atoms with van der Waals surface area (Å²) >= 11 is 1.83. The highest BCUT2D eigenvalue weighted by Gasteiger charge is 2.44. The number of aromatic nitrogens is 1. The molecule has 0 aliphatic heterocycles. The summed E-state index contributed by atoms with van der Waals surface area (Å²) in [6, 6.07) is 0. The summed E-state index contributed by atoms with van der Waals surface area (Å²) in [5, 5.41) is 7.33. The Hall–Kier alpha value is -0.450. The standard InChI is InChI=1S/C17H30N2OS/c1-12(2)15-11-21-16(19-15)17(18-9-10-20-5)8-6-7-13(3)14(17)4/h11-14,18H,6-10H2,1-5H3. The zero-order valence-corrected chi connectivity index (χ0v) is 14.9. The lowest BCUT2D eigenvalue weighted by atomic mass is 9.68. The largest absolute Gasteiger partial charge is 0.383 e. The van der Waals surface area contributed by atoms with Crippen molar-refractivity contribution >= 4 is 11.3 Å². The summed E-state index contributed by atoms with van der Waals surface area (Å²) in [5.41, 5.74) is 1.27. The molecule has 1 aromatic rings. The normalized spacial score (nSPS) is 30.0. The number of hydrogen-bond donors (Lipinski definition) is 1. The van der Waals surface area contributed by atoms with Crippen molar-refractivity contribution < 1.29 is 4.74 Å². The van der Waals surface area contributed by atoms with Crippen molar-refractivity contribution in [2.45, 2.75) is 58.4 Å². The summed E-state index contributed by atoms with van der Waals surface area (Å²) in [6.07, 6.45) is 3.80. The van der Waals surface area contributed by atoms with Crippen LogP contribution in [0.15, 0.2) is 5.38 Å². The van der Waals surface area contributed by atoms with Gasteiger partial charge in [0.1, 0.15) is 5.01 Å². The second-order valence-electron chi connectivity index (χ2n) is 6.78. The monoisotopic (exact) mass is 310 g/mol. The van der Waals surface area contributed by atoms with Crippen LogP contribution < -0.4 is 5.32 Å². The molecule has 0 radical (unpaired) electrons. The van der Waals surface area contributed by atoms with Crippen molar-refractivity contribution in [3.05, 3.63) is 16.1 Å². The number of nitrogens with one attached hydrogen (secondary N) is 1. The summed E-state index contributed by atoms with van der Waals surface area (Å²) in [5.74, 6) is 1.84. The molecule has 1 aliphatic rings. The maximum absolute atomic E-state index is 5.24. The SMILES string of the molecule is COCCNC1(c2nc(C(C)C)cs2)CCCC(C)C1C. The fraction of sp³-hybridized carbons (Fsp3) is 0.824. The van der Waals surface area contributed by atoms with Gasteiger partial charge in [-0.25, -0.2) is 4.98 Å². The van der Waals surface area contributed by atoms with E-state index < -0.39 is 0 Å². The number of ether oxygens (including phenoxy) is 1. The van der Waals surface area contributed by atoms with Gasteiger partial charge in [0.2, 0.25) is 0 Å². The van der Waals surface area contributed by atoms with E-state index in [0.717, 1.165) is 19.1 Å². The van der Waals surface area contributed by atoms with Gasteiger partial charge >= 0.3 is 0 Å². The molecule has 1 saturated carbocycles. The molecule has 1 aromatic heterocycles. The molecule has 0 saturated heterocycles. The van der Waals surface area contributed by atoms with E-state index in [9.17, 15) is 0 Å². The molecule has 120 valence electrons. The summed E-state index contributed by atoms with van der Waals surface area (Å²) in [6.45, 7) is 10.9. The van der Waals surface area contributed by atoms with E-state index in [0.29, 0.717) is 11.8 Å². The average Bonchev–Trinajstić information content (AvgIpc) is 2.94. The van der Waals surface area contributed by atoms with Crippen molar-refractivity contribution in [2.24, 2.45) is 11.8 Å². The average molecular weight is 311 g/mol. The van der Waals surface area contributed by atoms with Gasteiger partial charge in [0.15, 0.2) is 0 Å². The first-order valence-corrected chi connectivity index (χ1v) is 9.09. The maximum atomic E-state index is 5.24. The van der Waals surface area contributed by atoms with Crippen LogP contribution in [0.25, 0.3) is 0 Å². The van der Waals surface area contributed by atoms with E-state index in [1.54, 1.807) is 7.11 Å². The molecule has 3 atom stereocenters. The highest BCUT2D eigenvalue weighted by atomic mass is 32.1. The first-order valence-electron chi connectivity index (χ1n) is 8.21. The minimum Gasteiger partial charge on any atom is -0.383 e. The molecule has 1 heterocycles. The molecule has 1 aliphatic carbocycles. The first kappa shape index (κ1) is 16.9. The second-order valence-corrected chi connectivity index (χ2v) is 7.64. The Morgan fingerprint density at radius 2 is 2.24 bits per heavy atom. The third kappa shape index (κ3) is 3.49. The third-order valence-corrected chi connectivity index (χ3v) is 6.14. The summed E-state index contributed by atoms with van der Waals surface area (Å²) in [4.78, 5) is 4.98. The van der Waals surface area contributed by atoms with Gasteiger partial charge < -0.3 is 10.1 Å². The van der Waals surface area contributed by atoms with Crippen LogP contribution >= 0.6 is 11.3 Å². The molecular weight excluding hydrogens is 280 g/mol. The van der Waals surface area contributed by atoms with E-state index in [2.05, 4.69) is 38.4 Å². The minimum absolute atomic E-state index is 0.0357. The van der Waals surface area contributed by atoms with Crippen LogP contribution in [0.1, 0.15) is 63.6 Å². The highest BCUT2D eigenvalue weighted by molar-refractivity contribution is 7.09. The van der Waals surface area contributed by atoms with Gasteiger partial charge in [-0.1, -0.05) is 40.5 Å². The number of hydrogen-bond acceptors (Lipinski definition) is 4. The van der Waals surface area contributed by atoms with Gasteiger partial charge in [-0.15, -0.1) is 11.3 Å². The summed E-state index contributed by atoms with van der Waals surface area (Å²) in [7, 11) is 1.77. The first-order chi connectivity index (χ1) is 10.0. The molecule has 21 heavy (non-hydrogen) atoms. The number of methoxy groups -OCH3 is 1. The van der Waals surface area contributed by atoms with Crippen LogP contribution in [-0.2, 0) is 10.3 Å². The lowest BCUT2D eigenvalue weighted by Gasteiger charge is -2.45. The molecule has 1 fully saturated rings. The number of thiazole rings is 1. The van der Waals surface area contributed by atoms with Crippen LogP contribution in [0.3, 0.4) is 0 Å². The van der Waals surface area contributed by atoms with Gasteiger partial charge in [0.05, 0.1) is 17.8 Å². The van der Waals surface area contributed by atoms with Gasteiger partial charge in [-0.05, 0) is 24.2 Å². The van der Waals surface area contributed by atoms with E-state index in [-0.39, 0.29) is 5.54 Å². The van der Waals surface area contributed by atoms with Crippen LogP contribution in [0.4, 0.5) is 0 Å². The maximum Gasteiger partial charge on any atom is 0.113 e. The van der Waals surface area contributed by atoms with Gasteiger partial charge in [0.25, 0.3) is 0 Å². The van der Waals surface area contributed by atoms with E-state index >= 15 is 0 Å². The van der Waals surface area contributed by atoms with Crippen LogP contribution in [0.5, 0.6) is 0 Å². The van der Waals surface area contributed by atoms with E-state index in [1.807, 2.05) is 11.3 Å². The zero-order valence-electron chi connectivity index (χ0n) is 14.1. The minimum atomic E-state index is 0.0357. The molecule has 2 rings (SSSR count). The van der Waals surface area contributed by atoms with E-state index in [1.165, 1.54) is 30.0 Å². The molecule has 4 heteroatoms. The Morgan fingerprint density at radius 3 is 2.86 bits per heavy atom. The van der Waals surface area contributed by atoms with Crippen molar-refractivity contribution in [1.82, 2.24) is 10.3 Å². The highest BCUT2D eigenvalue weighted by Crippen LogP contribution is 2.45. The third-order valence-electron chi connectivity index (χ3n) is 5.10. The van der Waals surface area contributed by atoms with E-state index in [4.69, 9.17) is 9.72 Å². The predicted molar refractivity (Wildman–Crippen MR) is 89.9 cm³/mol. The lowest BCUT2D eigenvalue weighted by Crippen LogP contribution is -2.52. The Labute approximate surface area is 133 Å². The Balaban J connectivity index is 2.29. The van der Waals surface area contributed by atoms with Crippen LogP contribution in [0.2, 0.25) is 0 Å². The van der Waals surface area contributed by atoms with Crippen molar-refractivity contribution in [3.8, 4) is 0 Å². The fourth-order valence-electron chi connectivity index (χ4n) is 3.43. The molecule has 1 N–H and O–H groups in total. The Kier molecular flexibility index (Phi) is 5.81. The van der Waals surface area contributed by atoms with Gasteiger partial charge in [-0.2, -0.15) is 0 Å². The van der Waals surface area contributed by atoms with Gasteiger partial charge in [0, 0.05) is 19.0 Å². The topological polar surface area (TPSA) is 34.1 Å². The predicted octanol–water partition coefficient (Wildman–Crippen LogP) is 4.15.